The fraction of sp³-hybridized carbons (Fsp3) is 0.500. The van der Waals surface area contributed by atoms with E-state index in [2.05, 4.69) is 10.4 Å². The van der Waals surface area contributed by atoms with Gasteiger partial charge in [0.1, 0.15) is 12.4 Å². The van der Waals surface area contributed by atoms with Gasteiger partial charge in [0.25, 0.3) is 0 Å². The first-order chi connectivity index (χ1) is 12.8. The van der Waals surface area contributed by atoms with Crippen LogP contribution in [0.2, 0.25) is 0 Å². The van der Waals surface area contributed by atoms with Crippen LogP contribution in [0.1, 0.15) is 43.6 Å². The van der Waals surface area contributed by atoms with Gasteiger partial charge in [0.05, 0.1) is 10.9 Å². The van der Waals surface area contributed by atoms with Crippen LogP contribution in [0.15, 0.2) is 34.0 Å². The van der Waals surface area contributed by atoms with Gasteiger partial charge < -0.3 is 5.32 Å². The predicted octanol–water partition coefficient (Wildman–Crippen LogP) is 1.05. The number of hydrogen-bond acceptors (Lipinski definition) is 5. The minimum atomic E-state index is -3.25. The Hall–Kier alpha value is -2.42. The van der Waals surface area contributed by atoms with Crippen LogP contribution in [0.3, 0.4) is 0 Å². The standard InChI is InChI=1S/C18H24N4O4S/c1-13(14-7-9-15(10-8-14)27(2,25)26)19-17(23)12-22-18(24)21-11-5-3-4-6-16(21)20-22/h7-10,13H,3-6,11-12H2,1-2H3,(H,19,23). The first kappa shape index (κ1) is 19.3. The largest absolute Gasteiger partial charge is 0.348 e. The van der Waals surface area contributed by atoms with Gasteiger partial charge in [-0.3, -0.25) is 9.36 Å². The third-order valence-electron chi connectivity index (χ3n) is 4.76. The quantitative estimate of drug-likeness (QED) is 0.819. The zero-order chi connectivity index (χ0) is 19.6. The van der Waals surface area contributed by atoms with Crippen LogP contribution in [-0.4, -0.2) is 34.9 Å². The number of sulfone groups is 1. The lowest BCUT2D eigenvalue weighted by molar-refractivity contribution is -0.122. The highest BCUT2D eigenvalue weighted by atomic mass is 32.2. The first-order valence-electron chi connectivity index (χ1n) is 9.01. The van der Waals surface area contributed by atoms with Crippen molar-refractivity contribution in [3.63, 3.8) is 0 Å². The molecular weight excluding hydrogens is 368 g/mol. The Kier molecular flexibility index (Phi) is 5.50. The van der Waals surface area contributed by atoms with E-state index in [4.69, 9.17) is 0 Å². The number of fused-ring (bicyclic) bond motifs is 1. The minimum Gasteiger partial charge on any atom is -0.348 e. The van der Waals surface area contributed by atoms with Gasteiger partial charge in [-0.15, -0.1) is 0 Å². The van der Waals surface area contributed by atoms with E-state index in [1.165, 1.54) is 16.8 Å². The molecule has 146 valence electrons. The number of nitrogens with one attached hydrogen (secondary N) is 1. The summed E-state index contributed by atoms with van der Waals surface area (Å²) in [6, 6.07) is 6.06. The first-order valence-corrected chi connectivity index (χ1v) is 10.9. The van der Waals surface area contributed by atoms with E-state index in [-0.39, 0.29) is 29.1 Å². The van der Waals surface area contributed by atoms with Crippen LogP contribution in [-0.2, 0) is 34.1 Å². The van der Waals surface area contributed by atoms with Crippen LogP contribution in [0.4, 0.5) is 0 Å². The number of amides is 1. The van der Waals surface area contributed by atoms with Crippen LogP contribution in [0, 0.1) is 0 Å². The van der Waals surface area contributed by atoms with Gasteiger partial charge in [0.15, 0.2) is 9.84 Å². The second-order valence-corrected chi connectivity index (χ2v) is 8.96. The fourth-order valence-corrected chi connectivity index (χ4v) is 3.87. The van der Waals surface area contributed by atoms with E-state index >= 15 is 0 Å². The van der Waals surface area contributed by atoms with Crippen molar-refractivity contribution in [3.8, 4) is 0 Å². The molecule has 2 heterocycles. The van der Waals surface area contributed by atoms with Gasteiger partial charge in [0.2, 0.25) is 5.91 Å². The number of hydrogen-bond donors (Lipinski definition) is 1. The molecule has 1 N–H and O–H groups in total. The molecule has 1 atom stereocenters. The van der Waals surface area contributed by atoms with E-state index in [0.717, 1.165) is 43.3 Å². The number of aromatic nitrogens is 3. The molecule has 0 fully saturated rings. The summed E-state index contributed by atoms with van der Waals surface area (Å²) in [7, 11) is -3.25. The zero-order valence-corrected chi connectivity index (χ0v) is 16.3. The second kappa shape index (κ2) is 7.67. The van der Waals surface area contributed by atoms with Gasteiger partial charge in [-0.2, -0.15) is 5.10 Å². The van der Waals surface area contributed by atoms with Crippen molar-refractivity contribution in [2.75, 3.05) is 6.26 Å². The highest BCUT2D eigenvalue weighted by Crippen LogP contribution is 2.16. The SMILES string of the molecule is CC(NC(=O)Cn1nc2n(c1=O)CCCCC2)c1ccc(S(C)(=O)=O)cc1. The Morgan fingerprint density at radius 1 is 1.22 bits per heavy atom. The molecule has 0 saturated heterocycles. The summed E-state index contributed by atoms with van der Waals surface area (Å²) in [5, 5.41) is 7.13. The summed E-state index contributed by atoms with van der Waals surface area (Å²) in [5.74, 6) is 0.430. The maximum Gasteiger partial charge on any atom is 0.346 e. The van der Waals surface area contributed by atoms with Crippen LogP contribution in [0.25, 0.3) is 0 Å². The van der Waals surface area contributed by atoms with Crippen molar-refractivity contribution in [2.24, 2.45) is 0 Å². The summed E-state index contributed by atoms with van der Waals surface area (Å²) < 4.78 is 25.9. The van der Waals surface area contributed by atoms with Crippen molar-refractivity contribution in [1.82, 2.24) is 19.7 Å². The Morgan fingerprint density at radius 2 is 1.93 bits per heavy atom. The topological polar surface area (TPSA) is 103 Å². The van der Waals surface area contributed by atoms with Crippen molar-refractivity contribution in [3.05, 3.63) is 46.1 Å². The fourth-order valence-electron chi connectivity index (χ4n) is 3.24. The molecule has 27 heavy (non-hydrogen) atoms. The van der Waals surface area contributed by atoms with Crippen molar-refractivity contribution >= 4 is 15.7 Å². The summed E-state index contributed by atoms with van der Waals surface area (Å²) in [6.07, 6.45) is 4.94. The molecule has 0 spiro atoms. The van der Waals surface area contributed by atoms with Crippen LogP contribution < -0.4 is 11.0 Å². The van der Waals surface area contributed by atoms with Gasteiger partial charge >= 0.3 is 5.69 Å². The van der Waals surface area contributed by atoms with E-state index < -0.39 is 9.84 Å². The molecule has 0 bridgehead atoms. The molecular formula is C18H24N4O4S. The van der Waals surface area contributed by atoms with Crippen molar-refractivity contribution in [2.45, 2.75) is 56.6 Å². The molecule has 9 heteroatoms. The molecule has 0 aliphatic carbocycles. The molecule has 2 aromatic rings. The molecule has 3 rings (SSSR count). The number of benzene rings is 1. The molecule has 8 nitrogen and oxygen atoms in total. The van der Waals surface area contributed by atoms with Crippen LogP contribution >= 0.6 is 0 Å². The molecule has 0 saturated carbocycles. The van der Waals surface area contributed by atoms with Gasteiger partial charge in [-0.05, 0) is 37.5 Å². The van der Waals surface area contributed by atoms with E-state index in [0.29, 0.717) is 6.54 Å². The zero-order valence-electron chi connectivity index (χ0n) is 15.5. The molecule has 1 amide bonds. The average molecular weight is 392 g/mol. The molecule has 1 aliphatic rings. The van der Waals surface area contributed by atoms with Gasteiger partial charge in [0, 0.05) is 19.2 Å². The molecule has 1 unspecified atom stereocenters. The highest BCUT2D eigenvalue weighted by Gasteiger charge is 2.18. The minimum absolute atomic E-state index is 0.134. The lowest BCUT2D eigenvalue weighted by atomic mass is 10.1. The summed E-state index contributed by atoms with van der Waals surface area (Å²) >= 11 is 0. The number of nitrogens with zero attached hydrogens (tertiary/aromatic N) is 3. The Bertz CT molecular complexity index is 989. The number of carbonyl (C=O) groups is 1. The monoisotopic (exact) mass is 392 g/mol. The Morgan fingerprint density at radius 3 is 2.59 bits per heavy atom. The molecule has 1 aliphatic heterocycles. The maximum atomic E-state index is 12.4. The van der Waals surface area contributed by atoms with E-state index in [1.54, 1.807) is 23.6 Å². The third kappa shape index (κ3) is 4.47. The number of aryl methyl sites for hydroxylation is 1. The maximum absolute atomic E-state index is 12.4. The smallest absolute Gasteiger partial charge is 0.346 e. The van der Waals surface area contributed by atoms with Crippen molar-refractivity contribution in [1.29, 1.82) is 0 Å². The molecule has 1 aromatic heterocycles. The highest BCUT2D eigenvalue weighted by molar-refractivity contribution is 7.90. The third-order valence-corrected chi connectivity index (χ3v) is 5.89. The summed E-state index contributed by atoms with van der Waals surface area (Å²) in [6.45, 7) is 2.32. The van der Waals surface area contributed by atoms with Crippen LogP contribution in [0.5, 0.6) is 0 Å². The van der Waals surface area contributed by atoms with Gasteiger partial charge in [-0.25, -0.2) is 17.9 Å². The molecule has 1 aromatic carbocycles. The lowest BCUT2D eigenvalue weighted by Gasteiger charge is -2.14. The lowest BCUT2D eigenvalue weighted by Crippen LogP contribution is -2.35. The van der Waals surface area contributed by atoms with Gasteiger partial charge in [-0.1, -0.05) is 18.6 Å². The van der Waals surface area contributed by atoms with Crippen molar-refractivity contribution < 1.29 is 13.2 Å². The van der Waals surface area contributed by atoms with E-state index in [1.807, 2.05) is 0 Å². The normalized spacial score (nSPS) is 15.6. The summed E-state index contributed by atoms with van der Waals surface area (Å²) in [4.78, 5) is 25.0. The Labute approximate surface area is 158 Å². The second-order valence-electron chi connectivity index (χ2n) is 6.95. The number of rotatable bonds is 5. The molecule has 0 radical (unpaired) electrons. The van der Waals surface area contributed by atoms with E-state index in [9.17, 15) is 18.0 Å². The number of carbonyl (C=O) groups excluding carboxylic acids is 1. The average Bonchev–Trinajstić information content (AvgIpc) is 2.77. The summed E-state index contributed by atoms with van der Waals surface area (Å²) in [5.41, 5.74) is 0.538. The predicted molar refractivity (Wildman–Crippen MR) is 100 cm³/mol. The Balaban J connectivity index is 1.66.